The number of pyridine rings is 1. The Bertz CT molecular complexity index is 2810. The van der Waals surface area contributed by atoms with Gasteiger partial charge in [0.15, 0.2) is 22.8 Å². The van der Waals surface area contributed by atoms with Gasteiger partial charge in [-0.2, -0.15) is 4.57 Å². The van der Waals surface area contributed by atoms with Gasteiger partial charge in [-0.05, 0) is 73.4 Å². The molecule has 0 fully saturated rings. The molecule has 0 bridgehead atoms. The largest absolute Gasteiger partial charge is 0.455 e. The summed E-state index contributed by atoms with van der Waals surface area (Å²) in [6, 6.07) is 40.7. The van der Waals surface area contributed by atoms with E-state index in [1.54, 1.807) is 0 Å². The lowest BCUT2D eigenvalue weighted by atomic mass is 9.85. The smallest absolute Gasteiger partial charge is 0.364 e. The van der Waals surface area contributed by atoms with Gasteiger partial charge in [0.2, 0.25) is 5.69 Å². The first-order chi connectivity index (χ1) is 24.4. The monoisotopic (exact) mass is 681 g/mol. The highest BCUT2D eigenvalue weighted by Crippen LogP contribution is 2.52. The van der Waals surface area contributed by atoms with Crippen LogP contribution in [0.5, 0.6) is 0 Å². The van der Waals surface area contributed by atoms with Crippen LogP contribution < -0.4 is 14.3 Å². The van der Waals surface area contributed by atoms with Crippen molar-refractivity contribution in [3.8, 4) is 28.3 Å². The zero-order valence-electron chi connectivity index (χ0n) is 30.7. The fourth-order valence-corrected chi connectivity index (χ4v) is 11.2. The molecule has 5 heterocycles. The highest BCUT2D eigenvalue weighted by molar-refractivity contribution is 6.88. The first-order valence-electron chi connectivity index (χ1n) is 18.2. The van der Waals surface area contributed by atoms with Crippen molar-refractivity contribution >= 4 is 46.2 Å². The minimum atomic E-state index is -1.74. The Labute approximate surface area is 300 Å². The Morgan fingerprint density at radius 1 is 0.745 bits per heavy atom. The molecule has 1 unspecified atom stereocenters. The molecule has 250 valence electrons. The topological polar surface area (TPSA) is 25.8 Å². The van der Waals surface area contributed by atoms with Gasteiger partial charge in [0, 0.05) is 27.6 Å². The summed E-state index contributed by atoms with van der Waals surface area (Å²) in [5.41, 5.74) is 14.9. The number of aromatic nitrogens is 3. The lowest BCUT2D eigenvalue weighted by molar-refractivity contribution is -0.944. The van der Waals surface area contributed by atoms with Gasteiger partial charge in [0.1, 0.15) is 16.8 Å². The van der Waals surface area contributed by atoms with Crippen LogP contribution in [0.4, 0.5) is 0 Å². The molecule has 2 aliphatic rings. The van der Waals surface area contributed by atoms with Crippen LogP contribution in [0.25, 0.3) is 61.3 Å². The Morgan fingerprint density at radius 3 is 2.29 bits per heavy atom. The summed E-state index contributed by atoms with van der Waals surface area (Å²) < 4.78 is 14.8. The Balaban J connectivity index is 1.50. The molecular formula is C46H43N3OSi+2. The second-order valence-corrected chi connectivity index (χ2v) is 21.8. The SMILES string of the molecule is Cc1ccc2c(c1)C1(c3ccc4c(oc5ccccc54)c3-c3n(-c4ccccc4C(C)(C)C)c4ccccc4[n+]31)[n+]1cc([Si](C)(C)C)c(C)cc1-2. The van der Waals surface area contributed by atoms with Crippen LogP contribution in [0, 0.1) is 13.8 Å². The van der Waals surface area contributed by atoms with E-state index in [2.05, 4.69) is 183 Å². The number of nitrogens with zero attached hydrogens (tertiary/aromatic N) is 3. The number of imidazole rings is 1. The second kappa shape index (κ2) is 9.95. The number of furan rings is 1. The van der Waals surface area contributed by atoms with Crippen molar-refractivity contribution < 1.29 is 13.6 Å². The Hall–Kier alpha value is -5.26. The second-order valence-electron chi connectivity index (χ2n) is 16.8. The van der Waals surface area contributed by atoms with E-state index < -0.39 is 13.7 Å². The molecule has 3 aromatic heterocycles. The van der Waals surface area contributed by atoms with Crippen LogP contribution in [-0.4, -0.2) is 12.6 Å². The average Bonchev–Trinajstić information content (AvgIpc) is 3.80. The first-order valence-corrected chi connectivity index (χ1v) is 21.7. The van der Waals surface area contributed by atoms with Crippen molar-refractivity contribution in [2.75, 3.05) is 0 Å². The molecule has 0 N–H and O–H groups in total. The predicted molar refractivity (Wildman–Crippen MR) is 211 cm³/mol. The number of aryl methyl sites for hydroxylation is 2. The predicted octanol–water partition coefficient (Wildman–Crippen LogP) is 9.82. The highest BCUT2D eigenvalue weighted by Gasteiger charge is 2.67. The molecule has 0 saturated carbocycles. The normalized spacial score (nSPS) is 16.3. The summed E-state index contributed by atoms with van der Waals surface area (Å²) in [6.45, 7) is 18.9. The molecule has 51 heavy (non-hydrogen) atoms. The van der Waals surface area contributed by atoms with E-state index in [0.29, 0.717) is 0 Å². The number of hydrogen-bond acceptors (Lipinski definition) is 1. The summed E-state index contributed by atoms with van der Waals surface area (Å²) in [5.74, 6) is 1.15. The van der Waals surface area contributed by atoms with Gasteiger partial charge >= 0.3 is 11.5 Å². The van der Waals surface area contributed by atoms with E-state index in [-0.39, 0.29) is 5.41 Å². The lowest BCUT2D eigenvalue weighted by Crippen LogP contribution is -2.72. The average molecular weight is 682 g/mol. The first kappa shape index (κ1) is 30.6. The van der Waals surface area contributed by atoms with Crippen molar-refractivity contribution in [3.05, 3.63) is 143 Å². The summed E-state index contributed by atoms with van der Waals surface area (Å²) in [6.07, 6.45) is 2.52. The maximum Gasteiger partial charge on any atom is 0.364 e. The van der Waals surface area contributed by atoms with E-state index >= 15 is 0 Å². The third-order valence-electron chi connectivity index (χ3n) is 11.5. The summed E-state index contributed by atoms with van der Waals surface area (Å²) >= 11 is 0. The van der Waals surface area contributed by atoms with Gasteiger partial charge < -0.3 is 4.42 Å². The molecule has 4 nitrogen and oxygen atoms in total. The molecule has 1 spiro atoms. The zero-order chi connectivity index (χ0) is 35.2. The molecule has 0 saturated heterocycles. The van der Waals surface area contributed by atoms with Crippen molar-refractivity contribution in [2.24, 2.45) is 0 Å². The summed E-state index contributed by atoms with van der Waals surface area (Å²) in [7, 11) is -1.74. The number of benzene rings is 5. The van der Waals surface area contributed by atoms with Gasteiger partial charge in [-0.25, -0.2) is 0 Å². The number of para-hydroxylation sites is 4. The molecule has 5 heteroatoms. The van der Waals surface area contributed by atoms with Crippen LogP contribution >= 0.6 is 0 Å². The standard InChI is InChI=1S/C46H43N3OSi/c1-28-21-22-32-35(25-28)46(47-27-41(51(6,7)8)29(2)26-39(32)47)34-24-23-31-30-15-9-14-20-40(30)50-43(31)42(34)44-48(37-18-12-13-19-38(37)49(44)46)36-17-11-10-16-33(36)45(3,4)5/h9-27H,1-8H3/q+2. The Morgan fingerprint density at radius 2 is 1.49 bits per heavy atom. The molecule has 0 amide bonds. The molecule has 5 aromatic carbocycles. The van der Waals surface area contributed by atoms with Crippen molar-refractivity contribution in [1.29, 1.82) is 0 Å². The van der Waals surface area contributed by atoms with Gasteiger partial charge in [-0.3, -0.25) is 0 Å². The highest BCUT2D eigenvalue weighted by atomic mass is 28.3. The maximum absolute atomic E-state index is 7.01. The molecule has 0 radical (unpaired) electrons. The molecular weight excluding hydrogens is 639 g/mol. The summed E-state index contributed by atoms with van der Waals surface area (Å²) in [5, 5.41) is 3.78. The van der Waals surface area contributed by atoms with Crippen LogP contribution in [0.15, 0.2) is 120 Å². The quantitative estimate of drug-likeness (QED) is 0.132. The molecule has 1 atom stereocenters. The molecule has 2 aliphatic heterocycles. The summed E-state index contributed by atoms with van der Waals surface area (Å²) in [4.78, 5) is 0. The fourth-order valence-electron chi connectivity index (χ4n) is 9.41. The number of hydrogen-bond donors (Lipinski definition) is 0. The van der Waals surface area contributed by atoms with Crippen LogP contribution in [-0.2, 0) is 11.1 Å². The third-order valence-corrected chi connectivity index (χ3v) is 13.6. The van der Waals surface area contributed by atoms with Crippen LogP contribution in [0.1, 0.15) is 48.6 Å². The van der Waals surface area contributed by atoms with E-state index in [0.717, 1.165) is 33.3 Å². The molecule has 8 aromatic rings. The van der Waals surface area contributed by atoms with Gasteiger partial charge in [0.05, 0.1) is 24.8 Å². The van der Waals surface area contributed by atoms with Gasteiger partial charge in [0.25, 0.3) is 0 Å². The molecule has 10 rings (SSSR count). The minimum Gasteiger partial charge on any atom is -0.455 e. The number of rotatable bonds is 2. The van der Waals surface area contributed by atoms with Crippen LogP contribution in [0.2, 0.25) is 19.6 Å². The van der Waals surface area contributed by atoms with E-state index in [4.69, 9.17) is 4.42 Å². The van der Waals surface area contributed by atoms with E-state index in [1.165, 1.54) is 61.0 Å². The van der Waals surface area contributed by atoms with E-state index in [1.807, 2.05) is 0 Å². The van der Waals surface area contributed by atoms with E-state index in [9.17, 15) is 0 Å². The zero-order valence-corrected chi connectivity index (χ0v) is 31.7. The fraction of sp³-hybridized carbons (Fsp3) is 0.217. The third kappa shape index (κ3) is 3.85. The minimum absolute atomic E-state index is 0.0772. The van der Waals surface area contributed by atoms with Crippen molar-refractivity contribution in [2.45, 2.75) is 65.3 Å². The maximum atomic E-state index is 7.01. The Kier molecular flexibility index (Phi) is 5.96. The van der Waals surface area contributed by atoms with Gasteiger partial charge in [-0.15, -0.1) is 9.13 Å². The van der Waals surface area contributed by atoms with Gasteiger partial charge in [-0.1, -0.05) is 101 Å². The van der Waals surface area contributed by atoms with Crippen molar-refractivity contribution in [1.82, 2.24) is 4.57 Å². The van der Waals surface area contributed by atoms with Crippen molar-refractivity contribution in [3.63, 3.8) is 0 Å². The lowest BCUT2D eigenvalue weighted by Gasteiger charge is -2.23. The van der Waals surface area contributed by atoms with Crippen LogP contribution in [0.3, 0.4) is 0 Å². The number of fused-ring (bicyclic) bond motifs is 16. The molecule has 0 aliphatic carbocycles.